The van der Waals surface area contributed by atoms with Crippen molar-refractivity contribution in [1.29, 1.82) is 0 Å². The number of anilines is 2. The second kappa shape index (κ2) is 6.09. The highest BCUT2D eigenvalue weighted by molar-refractivity contribution is 7.92. The van der Waals surface area contributed by atoms with E-state index in [0.717, 1.165) is 12.0 Å². The molecule has 0 aliphatic carbocycles. The molecule has 0 spiro atoms. The van der Waals surface area contributed by atoms with E-state index >= 15 is 0 Å². The van der Waals surface area contributed by atoms with Crippen molar-refractivity contribution in [3.05, 3.63) is 23.8 Å². The third-order valence-electron chi connectivity index (χ3n) is 2.93. The summed E-state index contributed by atoms with van der Waals surface area (Å²) in [4.78, 5) is 0. The zero-order valence-electron chi connectivity index (χ0n) is 11.3. The summed E-state index contributed by atoms with van der Waals surface area (Å²) in [6, 6.07) is 5.38. The van der Waals surface area contributed by atoms with E-state index in [2.05, 4.69) is 0 Å². The van der Waals surface area contributed by atoms with Gasteiger partial charge in [-0.15, -0.1) is 0 Å². The molecule has 0 aliphatic rings. The molecule has 0 fully saturated rings. The van der Waals surface area contributed by atoms with Crippen LogP contribution in [0.1, 0.15) is 32.3 Å². The number of sulfonamides is 1. The van der Waals surface area contributed by atoms with Crippen molar-refractivity contribution in [3.8, 4) is 0 Å². The highest BCUT2D eigenvalue weighted by Crippen LogP contribution is 2.23. The molecule has 1 aromatic carbocycles. The lowest BCUT2D eigenvalue weighted by molar-refractivity contribution is 0.588. The molecule has 0 amide bonds. The van der Waals surface area contributed by atoms with Gasteiger partial charge < -0.3 is 5.73 Å². The Labute approximate surface area is 110 Å². The summed E-state index contributed by atoms with van der Waals surface area (Å²) >= 11 is 0. The lowest BCUT2D eigenvalue weighted by atomic mass is 10.2. The minimum absolute atomic E-state index is 0.186. The Morgan fingerprint density at radius 2 is 1.94 bits per heavy atom. The Balaban J connectivity index is 3.05. The molecule has 1 rings (SSSR count). The van der Waals surface area contributed by atoms with Crippen LogP contribution in [-0.2, 0) is 10.0 Å². The number of nitrogens with zero attached hydrogens (tertiary/aromatic N) is 1. The van der Waals surface area contributed by atoms with Gasteiger partial charge in [0.1, 0.15) is 0 Å². The molecule has 0 aliphatic heterocycles. The maximum atomic E-state index is 12.2. The van der Waals surface area contributed by atoms with Crippen LogP contribution in [0.4, 0.5) is 11.4 Å². The second-order valence-electron chi connectivity index (χ2n) is 4.38. The van der Waals surface area contributed by atoms with Crippen LogP contribution in [0.2, 0.25) is 0 Å². The number of aryl methyl sites for hydroxylation is 1. The van der Waals surface area contributed by atoms with Gasteiger partial charge in [0.05, 0.1) is 11.4 Å². The van der Waals surface area contributed by atoms with E-state index in [1.54, 1.807) is 12.1 Å². The number of unbranched alkanes of at least 4 members (excludes halogenated alkanes) is 1. The van der Waals surface area contributed by atoms with Gasteiger partial charge >= 0.3 is 0 Å². The van der Waals surface area contributed by atoms with Gasteiger partial charge in [0.2, 0.25) is 10.0 Å². The van der Waals surface area contributed by atoms with Crippen molar-refractivity contribution in [1.82, 2.24) is 0 Å². The monoisotopic (exact) mass is 270 g/mol. The van der Waals surface area contributed by atoms with Crippen molar-refractivity contribution < 1.29 is 8.42 Å². The Morgan fingerprint density at radius 1 is 1.28 bits per heavy atom. The van der Waals surface area contributed by atoms with E-state index in [4.69, 9.17) is 5.73 Å². The van der Waals surface area contributed by atoms with Crippen LogP contribution in [0, 0.1) is 6.92 Å². The molecule has 18 heavy (non-hydrogen) atoms. The predicted molar refractivity (Wildman–Crippen MR) is 77.3 cm³/mol. The van der Waals surface area contributed by atoms with Crippen LogP contribution in [-0.4, -0.2) is 20.7 Å². The average Bonchev–Trinajstić information content (AvgIpc) is 2.32. The lowest BCUT2D eigenvalue weighted by Crippen LogP contribution is -2.32. The van der Waals surface area contributed by atoms with E-state index in [0.29, 0.717) is 24.3 Å². The Hall–Kier alpha value is -1.23. The molecule has 0 radical (unpaired) electrons. The first-order chi connectivity index (χ1) is 8.42. The van der Waals surface area contributed by atoms with Crippen LogP contribution < -0.4 is 10.0 Å². The van der Waals surface area contributed by atoms with Gasteiger partial charge in [-0.25, -0.2) is 8.42 Å². The summed E-state index contributed by atoms with van der Waals surface area (Å²) in [5.74, 6) is 0.186. The summed E-state index contributed by atoms with van der Waals surface area (Å²) in [6.45, 7) is 6.14. The first kappa shape index (κ1) is 14.8. The van der Waals surface area contributed by atoms with Crippen molar-refractivity contribution in [2.24, 2.45) is 0 Å². The number of benzene rings is 1. The quantitative estimate of drug-likeness (QED) is 0.808. The Kier molecular flexibility index (Phi) is 5.02. The van der Waals surface area contributed by atoms with Gasteiger partial charge in [0, 0.05) is 12.2 Å². The van der Waals surface area contributed by atoms with Gasteiger partial charge in [0.25, 0.3) is 0 Å². The second-order valence-corrected chi connectivity index (χ2v) is 6.39. The van der Waals surface area contributed by atoms with E-state index in [-0.39, 0.29) is 5.75 Å². The maximum absolute atomic E-state index is 12.2. The van der Waals surface area contributed by atoms with Crippen molar-refractivity contribution in [3.63, 3.8) is 0 Å². The number of nitrogens with two attached hydrogens (primary N) is 1. The first-order valence-electron chi connectivity index (χ1n) is 6.29. The predicted octanol–water partition coefficient (Wildman–Crippen LogP) is 2.53. The molecule has 0 aromatic heterocycles. The highest BCUT2D eigenvalue weighted by atomic mass is 32.2. The van der Waals surface area contributed by atoms with Crippen LogP contribution >= 0.6 is 0 Å². The normalized spacial score (nSPS) is 11.5. The number of rotatable bonds is 6. The fourth-order valence-corrected chi connectivity index (χ4v) is 3.46. The molecule has 2 N–H and O–H groups in total. The van der Waals surface area contributed by atoms with Crippen LogP contribution in [0.25, 0.3) is 0 Å². The number of hydrogen-bond acceptors (Lipinski definition) is 3. The van der Waals surface area contributed by atoms with E-state index in [1.165, 1.54) is 4.31 Å². The molecule has 4 nitrogen and oxygen atoms in total. The summed E-state index contributed by atoms with van der Waals surface area (Å²) in [7, 11) is -3.24. The Morgan fingerprint density at radius 3 is 2.44 bits per heavy atom. The molecule has 102 valence electrons. The molecule has 0 bridgehead atoms. The van der Waals surface area contributed by atoms with Crippen LogP contribution in [0.3, 0.4) is 0 Å². The van der Waals surface area contributed by atoms with Gasteiger partial charge in [0.15, 0.2) is 0 Å². The minimum atomic E-state index is -3.24. The van der Waals surface area contributed by atoms with Crippen molar-refractivity contribution >= 4 is 21.4 Å². The Bertz CT molecular complexity index is 498. The molecular weight excluding hydrogens is 248 g/mol. The fourth-order valence-electron chi connectivity index (χ4n) is 1.76. The maximum Gasteiger partial charge on any atom is 0.235 e. The summed E-state index contributed by atoms with van der Waals surface area (Å²) in [6.07, 6.45) is 1.55. The van der Waals surface area contributed by atoms with Gasteiger partial charge in [-0.05, 0) is 38.0 Å². The molecule has 1 aromatic rings. The molecule has 0 heterocycles. The third kappa shape index (κ3) is 3.38. The molecule has 0 saturated carbocycles. The molecule has 0 saturated heterocycles. The van der Waals surface area contributed by atoms with E-state index < -0.39 is 10.0 Å². The standard InChI is InChI=1S/C13H22N2O2S/c1-4-6-9-18(16,17)15(5-2)12-8-7-11(3)13(14)10-12/h7-8,10H,4-6,9,14H2,1-3H3. The minimum Gasteiger partial charge on any atom is -0.398 e. The summed E-state index contributed by atoms with van der Waals surface area (Å²) < 4.78 is 25.8. The molecule has 5 heteroatoms. The van der Waals surface area contributed by atoms with Crippen LogP contribution in [0.5, 0.6) is 0 Å². The number of nitrogen functional groups attached to an aromatic ring is 1. The van der Waals surface area contributed by atoms with Gasteiger partial charge in [-0.2, -0.15) is 0 Å². The van der Waals surface area contributed by atoms with Gasteiger partial charge in [-0.3, -0.25) is 4.31 Å². The zero-order chi connectivity index (χ0) is 13.8. The zero-order valence-corrected chi connectivity index (χ0v) is 12.1. The first-order valence-corrected chi connectivity index (χ1v) is 7.89. The average molecular weight is 270 g/mol. The van der Waals surface area contributed by atoms with Crippen LogP contribution in [0.15, 0.2) is 18.2 Å². The topological polar surface area (TPSA) is 63.4 Å². The third-order valence-corrected chi connectivity index (χ3v) is 4.87. The fraction of sp³-hybridized carbons (Fsp3) is 0.538. The van der Waals surface area contributed by atoms with E-state index in [9.17, 15) is 8.42 Å². The highest BCUT2D eigenvalue weighted by Gasteiger charge is 2.20. The SMILES string of the molecule is CCCCS(=O)(=O)N(CC)c1ccc(C)c(N)c1. The summed E-state index contributed by atoms with van der Waals surface area (Å²) in [5.41, 5.74) is 8.07. The van der Waals surface area contributed by atoms with E-state index in [1.807, 2.05) is 26.8 Å². The number of hydrogen-bond donors (Lipinski definition) is 1. The molecule has 0 atom stereocenters. The lowest BCUT2D eigenvalue weighted by Gasteiger charge is -2.23. The summed E-state index contributed by atoms with van der Waals surface area (Å²) in [5, 5.41) is 0. The van der Waals surface area contributed by atoms with Gasteiger partial charge in [-0.1, -0.05) is 19.4 Å². The molecule has 0 unspecified atom stereocenters. The van der Waals surface area contributed by atoms with Crippen molar-refractivity contribution in [2.45, 2.75) is 33.6 Å². The smallest absolute Gasteiger partial charge is 0.235 e. The largest absolute Gasteiger partial charge is 0.398 e. The van der Waals surface area contributed by atoms with Crippen molar-refractivity contribution in [2.75, 3.05) is 22.3 Å². The molecular formula is C13H22N2O2S.